The molecule has 1 atom stereocenters. The molecule has 170 valence electrons. The lowest BCUT2D eigenvalue weighted by Gasteiger charge is -2.16. The number of amides is 2. The third kappa shape index (κ3) is 5.58. The summed E-state index contributed by atoms with van der Waals surface area (Å²) in [6.07, 6.45) is -3.33. The fourth-order valence-electron chi connectivity index (χ4n) is 3.26. The molecule has 33 heavy (non-hydrogen) atoms. The van der Waals surface area contributed by atoms with Crippen molar-refractivity contribution in [2.45, 2.75) is 12.3 Å². The van der Waals surface area contributed by atoms with Gasteiger partial charge in [0.05, 0.1) is 28.9 Å². The predicted molar refractivity (Wildman–Crippen MR) is 114 cm³/mol. The number of pyridine rings is 1. The number of rotatable bonds is 4. The van der Waals surface area contributed by atoms with Gasteiger partial charge in [-0.05, 0) is 54.1 Å². The number of benzene rings is 2. The number of aromatic nitrogens is 1. The Morgan fingerprint density at radius 2 is 1.76 bits per heavy atom. The Morgan fingerprint density at radius 1 is 1.06 bits per heavy atom. The number of halogens is 5. The third-order valence-electron chi connectivity index (χ3n) is 4.73. The Morgan fingerprint density at radius 3 is 2.36 bits per heavy atom. The van der Waals surface area contributed by atoms with E-state index in [4.69, 9.17) is 11.6 Å². The number of hydrogen-bond acceptors (Lipinski definition) is 4. The maximum absolute atomic E-state index is 13.4. The molecule has 1 aromatic heterocycles. The first-order valence-corrected chi connectivity index (χ1v) is 9.96. The normalized spacial score (nSPS) is 15.8. The summed E-state index contributed by atoms with van der Waals surface area (Å²) in [5.41, 5.74) is 1.99. The highest BCUT2D eigenvalue weighted by Crippen LogP contribution is 2.29. The fourth-order valence-corrected chi connectivity index (χ4v) is 3.37. The van der Waals surface area contributed by atoms with Gasteiger partial charge in [0, 0.05) is 11.9 Å². The average molecular weight is 479 g/mol. The molecule has 0 saturated carbocycles. The number of carbonyl (C=O) groups is 1. The van der Waals surface area contributed by atoms with E-state index < -0.39 is 29.9 Å². The van der Waals surface area contributed by atoms with E-state index in [1.165, 1.54) is 35.5 Å². The summed E-state index contributed by atoms with van der Waals surface area (Å²) in [4.78, 5) is 17.1. The minimum absolute atomic E-state index is 0.141. The number of nitrogens with one attached hydrogen (secondary N) is 1. The monoisotopic (exact) mass is 478 g/mol. The second kappa shape index (κ2) is 9.07. The van der Waals surface area contributed by atoms with Crippen molar-refractivity contribution in [2.75, 3.05) is 11.9 Å². The van der Waals surface area contributed by atoms with Crippen LogP contribution in [0.3, 0.4) is 0 Å². The number of nitrogens with zero attached hydrogens (tertiary/aromatic N) is 3. The van der Waals surface area contributed by atoms with Gasteiger partial charge in [-0.15, -0.1) is 13.2 Å². The summed E-state index contributed by atoms with van der Waals surface area (Å²) in [7, 11) is 0. The van der Waals surface area contributed by atoms with Crippen molar-refractivity contribution in [1.29, 1.82) is 0 Å². The number of hydrazone groups is 1. The quantitative estimate of drug-likeness (QED) is 0.481. The number of hydrogen-bond donors (Lipinski definition) is 1. The van der Waals surface area contributed by atoms with E-state index in [2.05, 4.69) is 20.1 Å². The van der Waals surface area contributed by atoms with Gasteiger partial charge in [-0.1, -0.05) is 23.7 Å². The SMILES string of the molecule is O=C(Nc1ccc(OC(F)(F)F)cc1)N1CC(c2ccc(Cl)cn2)C(c2ccc(F)cc2)=N1. The van der Waals surface area contributed by atoms with Crippen LogP contribution >= 0.6 is 11.6 Å². The van der Waals surface area contributed by atoms with Crippen LogP contribution in [0.2, 0.25) is 5.02 Å². The van der Waals surface area contributed by atoms with Gasteiger partial charge in [-0.3, -0.25) is 4.98 Å². The van der Waals surface area contributed by atoms with Crippen LogP contribution in [0.4, 0.5) is 28.0 Å². The third-order valence-corrected chi connectivity index (χ3v) is 4.96. The zero-order valence-electron chi connectivity index (χ0n) is 16.7. The molecule has 3 aromatic rings. The number of alkyl halides is 3. The van der Waals surface area contributed by atoms with Crippen molar-refractivity contribution in [3.05, 3.63) is 89.0 Å². The van der Waals surface area contributed by atoms with Gasteiger partial charge < -0.3 is 10.1 Å². The number of carbonyl (C=O) groups excluding carboxylic acids is 1. The molecule has 11 heteroatoms. The first kappa shape index (κ1) is 22.5. The van der Waals surface area contributed by atoms with E-state index in [1.54, 1.807) is 24.3 Å². The van der Waals surface area contributed by atoms with Crippen molar-refractivity contribution in [1.82, 2.24) is 9.99 Å². The summed E-state index contributed by atoms with van der Waals surface area (Å²) in [5, 5.41) is 8.61. The van der Waals surface area contributed by atoms with Gasteiger partial charge in [0.1, 0.15) is 11.6 Å². The van der Waals surface area contributed by atoms with Gasteiger partial charge in [0.25, 0.3) is 0 Å². The zero-order chi connectivity index (χ0) is 23.6. The Bertz CT molecular complexity index is 1170. The van der Waals surface area contributed by atoms with Gasteiger partial charge >= 0.3 is 12.4 Å². The van der Waals surface area contributed by atoms with Crippen molar-refractivity contribution >= 4 is 29.0 Å². The Kier molecular flexibility index (Phi) is 6.19. The van der Waals surface area contributed by atoms with Crippen LogP contribution < -0.4 is 10.1 Å². The minimum Gasteiger partial charge on any atom is -0.406 e. The molecule has 4 rings (SSSR count). The molecule has 1 aliphatic rings. The lowest BCUT2D eigenvalue weighted by molar-refractivity contribution is -0.274. The van der Waals surface area contributed by atoms with Crippen molar-refractivity contribution in [3.8, 4) is 5.75 Å². The van der Waals surface area contributed by atoms with Crippen LogP contribution in [0, 0.1) is 5.82 Å². The molecule has 0 fully saturated rings. The highest BCUT2D eigenvalue weighted by atomic mass is 35.5. The molecule has 0 saturated heterocycles. The molecule has 1 aliphatic heterocycles. The summed E-state index contributed by atoms with van der Waals surface area (Å²) >= 11 is 5.92. The summed E-state index contributed by atoms with van der Waals surface area (Å²) in [6, 6.07) is 13.2. The van der Waals surface area contributed by atoms with Crippen LogP contribution in [0.15, 0.2) is 72.0 Å². The van der Waals surface area contributed by atoms with Gasteiger partial charge in [0.2, 0.25) is 0 Å². The van der Waals surface area contributed by atoms with E-state index in [1.807, 2.05) is 0 Å². The fraction of sp³-hybridized carbons (Fsp3) is 0.136. The Labute approximate surface area is 190 Å². The van der Waals surface area contributed by atoms with Gasteiger partial charge in [-0.2, -0.15) is 5.10 Å². The van der Waals surface area contributed by atoms with E-state index in [0.717, 1.165) is 12.1 Å². The largest absolute Gasteiger partial charge is 0.573 e. The van der Waals surface area contributed by atoms with Crippen LogP contribution in [-0.4, -0.2) is 34.6 Å². The number of anilines is 1. The van der Waals surface area contributed by atoms with Crippen LogP contribution in [-0.2, 0) is 0 Å². The van der Waals surface area contributed by atoms with E-state index in [9.17, 15) is 22.4 Å². The second-order valence-corrected chi connectivity index (χ2v) is 7.47. The lowest BCUT2D eigenvalue weighted by atomic mass is 9.94. The highest BCUT2D eigenvalue weighted by Gasteiger charge is 2.34. The van der Waals surface area contributed by atoms with Crippen molar-refractivity contribution < 1.29 is 27.1 Å². The van der Waals surface area contributed by atoms with Gasteiger partial charge in [0.15, 0.2) is 0 Å². The van der Waals surface area contributed by atoms with E-state index in [-0.39, 0.29) is 12.2 Å². The topological polar surface area (TPSA) is 66.8 Å². The molecule has 0 bridgehead atoms. The summed E-state index contributed by atoms with van der Waals surface area (Å²) in [6.45, 7) is 0.141. The maximum atomic E-state index is 13.4. The Hall–Kier alpha value is -3.66. The van der Waals surface area contributed by atoms with Crippen LogP contribution in [0.5, 0.6) is 5.75 Å². The van der Waals surface area contributed by atoms with Crippen LogP contribution in [0.25, 0.3) is 0 Å². The van der Waals surface area contributed by atoms with Gasteiger partial charge in [-0.25, -0.2) is 14.2 Å². The molecule has 1 unspecified atom stereocenters. The predicted octanol–water partition coefficient (Wildman–Crippen LogP) is 5.81. The minimum atomic E-state index is -4.81. The summed E-state index contributed by atoms with van der Waals surface area (Å²) in [5.74, 6) is -1.22. The lowest BCUT2D eigenvalue weighted by Crippen LogP contribution is -2.30. The molecular formula is C22H15ClF4N4O2. The van der Waals surface area contributed by atoms with E-state index >= 15 is 0 Å². The first-order chi connectivity index (χ1) is 15.7. The van der Waals surface area contributed by atoms with E-state index in [0.29, 0.717) is 22.0 Å². The molecule has 2 amide bonds. The summed E-state index contributed by atoms with van der Waals surface area (Å²) < 4.78 is 54.1. The smallest absolute Gasteiger partial charge is 0.406 e. The van der Waals surface area contributed by atoms with Crippen molar-refractivity contribution in [3.63, 3.8) is 0 Å². The Balaban J connectivity index is 1.55. The highest BCUT2D eigenvalue weighted by molar-refractivity contribution is 6.30. The zero-order valence-corrected chi connectivity index (χ0v) is 17.4. The van der Waals surface area contributed by atoms with Crippen LogP contribution in [0.1, 0.15) is 17.2 Å². The molecule has 6 nitrogen and oxygen atoms in total. The molecule has 2 heterocycles. The van der Waals surface area contributed by atoms with Crippen molar-refractivity contribution in [2.24, 2.45) is 5.10 Å². The molecular weight excluding hydrogens is 464 g/mol. The maximum Gasteiger partial charge on any atom is 0.573 e. The molecule has 2 aromatic carbocycles. The molecule has 1 N–H and O–H groups in total. The molecule has 0 radical (unpaired) electrons. The average Bonchev–Trinajstić information content (AvgIpc) is 3.21. The standard InChI is InChI=1S/C22H15ClF4N4O2/c23-14-3-10-19(28-11-14)18-12-31(30-20(18)13-1-4-15(24)5-2-13)21(32)29-16-6-8-17(9-7-16)33-22(25,26)27/h1-11,18H,12H2,(H,29,32). The first-order valence-electron chi connectivity index (χ1n) is 9.58. The number of ether oxygens (including phenoxy) is 1. The molecule has 0 aliphatic carbocycles. The number of urea groups is 1. The molecule has 0 spiro atoms. The second-order valence-electron chi connectivity index (χ2n) is 7.03.